The zero-order valence-corrected chi connectivity index (χ0v) is 17.8. The van der Waals surface area contributed by atoms with Crippen LogP contribution in [0.15, 0.2) is 40.9 Å². The lowest BCUT2D eigenvalue weighted by Crippen LogP contribution is -2.23. The van der Waals surface area contributed by atoms with Gasteiger partial charge in [-0.05, 0) is 19.8 Å². The molecule has 1 unspecified atom stereocenters. The van der Waals surface area contributed by atoms with Crippen molar-refractivity contribution in [1.29, 1.82) is 0 Å². The third-order valence-electron chi connectivity index (χ3n) is 4.57. The summed E-state index contributed by atoms with van der Waals surface area (Å²) in [5.74, 6) is 1.25. The van der Waals surface area contributed by atoms with Crippen LogP contribution in [0.2, 0.25) is 0 Å². The number of anilines is 1. The number of aromatic nitrogens is 4. The summed E-state index contributed by atoms with van der Waals surface area (Å²) in [5, 5.41) is 14.8. The van der Waals surface area contributed by atoms with Gasteiger partial charge >= 0.3 is 0 Å². The van der Waals surface area contributed by atoms with Crippen molar-refractivity contribution in [3.8, 4) is 11.3 Å². The largest absolute Gasteiger partial charge is 0.303 e. The van der Waals surface area contributed by atoms with Crippen molar-refractivity contribution in [2.75, 3.05) is 5.32 Å². The Morgan fingerprint density at radius 2 is 1.96 bits per heavy atom. The third kappa shape index (κ3) is 4.12. The van der Waals surface area contributed by atoms with E-state index in [1.165, 1.54) is 23.1 Å². The van der Waals surface area contributed by atoms with Gasteiger partial charge in [0.25, 0.3) is 0 Å². The van der Waals surface area contributed by atoms with Crippen molar-refractivity contribution in [2.24, 2.45) is 0 Å². The van der Waals surface area contributed by atoms with Gasteiger partial charge in [0.2, 0.25) is 5.91 Å². The molecule has 0 spiro atoms. The van der Waals surface area contributed by atoms with E-state index in [4.69, 9.17) is 0 Å². The highest BCUT2D eigenvalue weighted by molar-refractivity contribution is 8.00. The van der Waals surface area contributed by atoms with Gasteiger partial charge in [0.15, 0.2) is 10.3 Å². The van der Waals surface area contributed by atoms with E-state index in [9.17, 15) is 4.79 Å². The summed E-state index contributed by atoms with van der Waals surface area (Å²) in [6, 6.07) is 10.4. The van der Waals surface area contributed by atoms with E-state index in [2.05, 4.69) is 38.9 Å². The third-order valence-corrected chi connectivity index (χ3v) is 6.39. The lowest BCUT2D eigenvalue weighted by atomic mass is 10.2. The Labute approximate surface area is 172 Å². The Bertz CT molecular complexity index is 962. The molecule has 0 radical (unpaired) electrons. The number of nitrogens with one attached hydrogen (secondary N) is 1. The van der Waals surface area contributed by atoms with Crippen LogP contribution in [0.25, 0.3) is 11.3 Å². The minimum atomic E-state index is -0.286. The highest BCUT2D eigenvalue weighted by atomic mass is 32.2. The smallest absolute Gasteiger partial charge is 0.239 e. The quantitative estimate of drug-likeness (QED) is 0.553. The Balaban J connectivity index is 1.43. The average molecular weight is 414 g/mol. The predicted octanol–water partition coefficient (Wildman–Crippen LogP) is 4.98. The van der Waals surface area contributed by atoms with Crippen LogP contribution in [-0.2, 0) is 4.79 Å². The molecule has 6 nitrogen and oxygen atoms in total. The molecule has 1 saturated carbocycles. The number of benzene rings is 1. The maximum atomic E-state index is 12.7. The fourth-order valence-corrected chi connectivity index (χ4v) is 4.58. The standard InChI is InChI=1S/C20H23N5OS2/c1-12(2)17-23-24-20(25(17)15-9-10-15)28-13(3)18(26)22-19-21-16(11-27-19)14-7-5-4-6-8-14/h4-8,11-13,15H,9-10H2,1-3H3,(H,21,22,26). The van der Waals surface area contributed by atoms with Crippen molar-refractivity contribution >= 4 is 34.1 Å². The molecule has 2 aromatic heterocycles. The molecule has 0 aliphatic heterocycles. The number of nitrogens with zero attached hydrogens (tertiary/aromatic N) is 4. The van der Waals surface area contributed by atoms with Crippen molar-refractivity contribution in [2.45, 2.75) is 56.0 Å². The zero-order valence-electron chi connectivity index (χ0n) is 16.1. The average Bonchev–Trinajstić information content (AvgIpc) is 3.27. The van der Waals surface area contributed by atoms with Crippen molar-refractivity contribution < 1.29 is 4.79 Å². The van der Waals surface area contributed by atoms with Crippen LogP contribution in [0, 0.1) is 0 Å². The molecule has 28 heavy (non-hydrogen) atoms. The number of carbonyl (C=O) groups excluding carboxylic acids is 1. The number of hydrogen-bond acceptors (Lipinski definition) is 6. The molecule has 2 heterocycles. The lowest BCUT2D eigenvalue weighted by Gasteiger charge is -2.13. The van der Waals surface area contributed by atoms with E-state index in [0.717, 1.165) is 35.1 Å². The second-order valence-corrected chi connectivity index (χ2v) is 9.42. The van der Waals surface area contributed by atoms with Gasteiger partial charge in [-0.25, -0.2) is 4.98 Å². The van der Waals surface area contributed by atoms with Gasteiger partial charge < -0.3 is 9.88 Å². The number of thiazole rings is 1. The maximum Gasteiger partial charge on any atom is 0.239 e. The van der Waals surface area contributed by atoms with E-state index in [1.807, 2.05) is 42.6 Å². The first-order valence-corrected chi connectivity index (χ1v) is 11.2. The molecular formula is C20H23N5OS2. The van der Waals surface area contributed by atoms with Crippen molar-refractivity contribution in [1.82, 2.24) is 19.7 Å². The summed E-state index contributed by atoms with van der Waals surface area (Å²) < 4.78 is 2.22. The van der Waals surface area contributed by atoms with Crippen LogP contribution in [0.4, 0.5) is 5.13 Å². The first-order valence-electron chi connectivity index (χ1n) is 9.46. The van der Waals surface area contributed by atoms with E-state index in [1.54, 1.807) is 0 Å². The molecule has 4 rings (SSSR count). The van der Waals surface area contributed by atoms with Gasteiger partial charge in [0.05, 0.1) is 10.9 Å². The second kappa shape index (κ2) is 8.05. The Hall–Kier alpha value is -2.19. The minimum absolute atomic E-state index is 0.0737. The number of hydrogen-bond donors (Lipinski definition) is 1. The molecule has 0 bridgehead atoms. The SMILES string of the molecule is CC(Sc1nnc(C(C)C)n1C1CC1)C(=O)Nc1nc(-c2ccccc2)cs1. The Kier molecular flexibility index (Phi) is 5.50. The number of thioether (sulfide) groups is 1. The zero-order chi connectivity index (χ0) is 19.7. The molecule has 1 amide bonds. The van der Waals surface area contributed by atoms with E-state index in [0.29, 0.717) is 17.1 Å². The summed E-state index contributed by atoms with van der Waals surface area (Å²) in [6.45, 7) is 6.15. The molecule has 1 atom stereocenters. The summed E-state index contributed by atoms with van der Waals surface area (Å²) in [7, 11) is 0. The maximum absolute atomic E-state index is 12.7. The normalized spacial score (nSPS) is 15.0. The van der Waals surface area contributed by atoms with Crippen LogP contribution < -0.4 is 5.32 Å². The fraction of sp³-hybridized carbons (Fsp3) is 0.400. The van der Waals surface area contributed by atoms with Crippen LogP contribution >= 0.6 is 23.1 Å². The lowest BCUT2D eigenvalue weighted by molar-refractivity contribution is -0.115. The summed E-state index contributed by atoms with van der Waals surface area (Å²) in [4.78, 5) is 17.2. The highest BCUT2D eigenvalue weighted by Crippen LogP contribution is 2.40. The first-order chi connectivity index (χ1) is 13.5. The van der Waals surface area contributed by atoms with Gasteiger partial charge in [0.1, 0.15) is 5.82 Å². The van der Waals surface area contributed by atoms with Crippen LogP contribution in [0.3, 0.4) is 0 Å². The molecule has 146 valence electrons. The number of rotatable bonds is 7. The van der Waals surface area contributed by atoms with E-state index < -0.39 is 0 Å². The molecule has 0 saturated heterocycles. The van der Waals surface area contributed by atoms with Gasteiger partial charge in [-0.15, -0.1) is 21.5 Å². The Morgan fingerprint density at radius 1 is 1.21 bits per heavy atom. The fourth-order valence-electron chi connectivity index (χ4n) is 2.93. The molecule has 1 aliphatic carbocycles. The van der Waals surface area contributed by atoms with Crippen LogP contribution in [0.5, 0.6) is 0 Å². The van der Waals surface area contributed by atoms with Gasteiger partial charge in [-0.2, -0.15) is 0 Å². The van der Waals surface area contributed by atoms with E-state index in [-0.39, 0.29) is 11.2 Å². The van der Waals surface area contributed by atoms with Gasteiger partial charge in [-0.3, -0.25) is 4.79 Å². The molecule has 1 aliphatic rings. The molecule has 1 aromatic carbocycles. The highest BCUT2D eigenvalue weighted by Gasteiger charge is 2.31. The van der Waals surface area contributed by atoms with Crippen molar-refractivity contribution in [3.05, 3.63) is 41.5 Å². The summed E-state index contributed by atoms with van der Waals surface area (Å²) in [5.41, 5.74) is 1.91. The number of amides is 1. The molecule has 1 fully saturated rings. The van der Waals surface area contributed by atoms with Crippen LogP contribution in [-0.4, -0.2) is 30.9 Å². The van der Waals surface area contributed by atoms with Gasteiger partial charge in [-0.1, -0.05) is 55.9 Å². The monoisotopic (exact) mass is 413 g/mol. The summed E-state index contributed by atoms with van der Waals surface area (Å²) >= 11 is 2.90. The van der Waals surface area contributed by atoms with Crippen molar-refractivity contribution in [3.63, 3.8) is 0 Å². The van der Waals surface area contributed by atoms with Gasteiger partial charge in [0, 0.05) is 22.9 Å². The van der Waals surface area contributed by atoms with E-state index >= 15 is 0 Å². The molecule has 1 N–H and O–H groups in total. The second-order valence-electron chi connectivity index (χ2n) is 7.25. The molecular weight excluding hydrogens is 390 g/mol. The van der Waals surface area contributed by atoms with Crippen LogP contribution in [0.1, 0.15) is 51.4 Å². The minimum Gasteiger partial charge on any atom is -0.303 e. The molecule has 8 heteroatoms. The topological polar surface area (TPSA) is 72.7 Å². The Morgan fingerprint density at radius 3 is 2.64 bits per heavy atom. The summed E-state index contributed by atoms with van der Waals surface area (Å²) in [6.07, 6.45) is 2.32. The predicted molar refractivity (Wildman–Crippen MR) is 114 cm³/mol. The number of carbonyl (C=O) groups is 1. The molecule has 3 aromatic rings. The first kappa shape index (κ1) is 19.1.